The van der Waals surface area contributed by atoms with Crippen LogP contribution in [-0.4, -0.2) is 60.7 Å². The lowest BCUT2D eigenvalue weighted by molar-refractivity contribution is -0.00521. The molecule has 128 valence electrons. The maximum absolute atomic E-state index is 12.9. The first-order valence-corrected chi connectivity index (χ1v) is 8.55. The van der Waals surface area contributed by atoms with E-state index in [9.17, 15) is 9.59 Å². The number of likely N-dealkylation sites (tertiary alicyclic amines) is 1. The van der Waals surface area contributed by atoms with E-state index in [4.69, 9.17) is 9.47 Å². The number of amides is 2. The second-order valence-electron chi connectivity index (χ2n) is 7.01. The minimum Gasteiger partial charge on any atom is -0.493 e. The van der Waals surface area contributed by atoms with Crippen LogP contribution in [0.3, 0.4) is 0 Å². The molecule has 0 radical (unpaired) electrons. The molecular weight excluding hydrogens is 308 g/mol. The average molecular weight is 330 g/mol. The number of ether oxygens (including phenoxy) is 2. The highest BCUT2D eigenvalue weighted by molar-refractivity contribution is 5.94. The Morgan fingerprint density at radius 1 is 1.25 bits per heavy atom. The zero-order valence-corrected chi connectivity index (χ0v) is 13.9. The molecule has 0 unspecified atom stereocenters. The molecule has 3 aliphatic rings. The standard InChI is InChI=1S/C18H22N2O4/c1-19-11-18(24-17(19)22)7-3-8-20(12-18)16(21)14-5-6-15-13(10-14)4-2-9-23-15/h5-6,10H,2-4,7-9,11-12H2,1H3/t18-/m0/s1. The molecule has 3 aliphatic heterocycles. The number of piperidine rings is 1. The molecule has 3 heterocycles. The van der Waals surface area contributed by atoms with E-state index in [-0.39, 0.29) is 12.0 Å². The molecular formula is C18H22N2O4. The lowest BCUT2D eigenvalue weighted by Crippen LogP contribution is -2.52. The summed E-state index contributed by atoms with van der Waals surface area (Å²) in [6.45, 7) is 2.46. The van der Waals surface area contributed by atoms with Crippen LogP contribution in [0.5, 0.6) is 5.75 Å². The van der Waals surface area contributed by atoms with Crippen molar-refractivity contribution in [3.05, 3.63) is 29.3 Å². The van der Waals surface area contributed by atoms with Gasteiger partial charge in [0.1, 0.15) is 11.4 Å². The molecule has 0 saturated carbocycles. The first-order valence-electron chi connectivity index (χ1n) is 8.55. The van der Waals surface area contributed by atoms with Gasteiger partial charge in [-0.15, -0.1) is 0 Å². The second kappa shape index (κ2) is 5.69. The molecule has 2 saturated heterocycles. The predicted octanol–water partition coefficient (Wildman–Crippen LogP) is 2.07. The molecule has 1 atom stereocenters. The first kappa shape index (κ1) is 15.3. The number of nitrogens with zero attached hydrogens (tertiary/aromatic N) is 2. The van der Waals surface area contributed by atoms with Crippen LogP contribution in [0.1, 0.15) is 35.2 Å². The number of hydrogen-bond acceptors (Lipinski definition) is 4. The molecule has 2 amide bonds. The van der Waals surface area contributed by atoms with E-state index in [0.717, 1.165) is 43.6 Å². The number of rotatable bonds is 1. The normalized spacial score (nSPS) is 26.1. The quantitative estimate of drug-likeness (QED) is 0.791. The van der Waals surface area contributed by atoms with Crippen LogP contribution in [0.25, 0.3) is 0 Å². The van der Waals surface area contributed by atoms with Gasteiger partial charge in [-0.1, -0.05) is 0 Å². The molecule has 6 nitrogen and oxygen atoms in total. The Labute approximate surface area is 141 Å². The summed E-state index contributed by atoms with van der Waals surface area (Å²) in [5.41, 5.74) is 1.25. The number of fused-ring (bicyclic) bond motifs is 1. The Bertz CT molecular complexity index is 690. The van der Waals surface area contributed by atoms with Gasteiger partial charge in [-0.25, -0.2) is 4.79 Å². The van der Waals surface area contributed by atoms with Crippen molar-refractivity contribution in [2.24, 2.45) is 0 Å². The summed E-state index contributed by atoms with van der Waals surface area (Å²) in [4.78, 5) is 28.1. The third kappa shape index (κ3) is 2.60. The van der Waals surface area contributed by atoms with E-state index in [1.54, 1.807) is 11.9 Å². The summed E-state index contributed by atoms with van der Waals surface area (Å²) < 4.78 is 11.2. The third-order valence-corrected chi connectivity index (χ3v) is 5.12. The summed E-state index contributed by atoms with van der Waals surface area (Å²) >= 11 is 0. The zero-order valence-electron chi connectivity index (χ0n) is 13.9. The summed E-state index contributed by atoms with van der Waals surface area (Å²) in [6.07, 6.45) is 3.30. The van der Waals surface area contributed by atoms with Gasteiger partial charge in [0, 0.05) is 19.2 Å². The SMILES string of the molecule is CN1C[C@]2(CCCN(C(=O)c3ccc4c(c3)CCCO4)C2)OC1=O. The number of carbonyl (C=O) groups is 2. The van der Waals surface area contributed by atoms with Gasteiger partial charge in [-0.2, -0.15) is 0 Å². The maximum atomic E-state index is 12.9. The van der Waals surface area contributed by atoms with Crippen molar-refractivity contribution in [1.82, 2.24) is 9.80 Å². The topological polar surface area (TPSA) is 59.1 Å². The van der Waals surface area contributed by atoms with Crippen LogP contribution >= 0.6 is 0 Å². The van der Waals surface area contributed by atoms with Gasteiger partial charge in [0.05, 0.1) is 19.7 Å². The number of hydrogen-bond donors (Lipinski definition) is 0. The Balaban J connectivity index is 1.53. The molecule has 2 fully saturated rings. The monoisotopic (exact) mass is 330 g/mol. The van der Waals surface area contributed by atoms with E-state index >= 15 is 0 Å². The van der Waals surface area contributed by atoms with E-state index in [0.29, 0.717) is 25.2 Å². The second-order valence-corrected chi connectivity index (χ2v) is 7.01. The van der Waals surface area contributed by atoms with Crippen molar-refractivity contribution >= 4 is 12.0 Å². The van der Waals surface area contributed by atoms with Gasteiger partial charge in [0.2, 0.25) is 0 Å². The Hall–Kier alpha value is -2.24. The van der Waals surface area contributed by atoms with E-state index in [2.05, 4.69) is 0 Å². The van der Waals surface area contributed by atoms with Crippen molar-refractivity contribution in [1.29, 1.82) is 0 Å². The van der Waals surface area contributed by atoms with Crippen LogP contribution in [0.4, 0.5) is 4.79 Å². The highest BCUT2D eigenvalue weighted by Gasteiger charge is 2.47. The summed E-state index contributed by atoms with van der Waals surface area (Å²) in [5.74, 6) is 0.896. The lowest BCUT2D eigenvalue weighted by Gasteiger charge is -2.38. The summed E-state index contributed by atoms with van der Waals surface area (Å²) in [7, 11) is 1.74. The molecule has 1 aromatic rings. The third-order valence-electron chi connectivity index (χ3n) is 5.12. The van der Waals surface area contributed by atoms with Crippen LogP contribution in [0, 0.1) is 0 Å². The van der Waals surface area contributed by atoms with E-state index in [1.807, 2.05) is 23.1 Å². The zero-order chi connectivity index (χ0) is 16.7. The van der Waals surface area contributed by atoms with Gasteiger partial charge < -0.3 is 19.3 Å². The van der Waals surface area contributed by atoms with Gasteiger partial charge in [-0.3, -0.25) is 4.79 Å². The highest BCUT2D eigenvalue weighted by Crippen LogP contribution is 2.32. The fraction of sp³-hybridized carbons (Fsp3) is 0.556. The van der Waals surface area contributed by atoms with Crippen LogP contribution in [-0.2, 0) is 11.2 Å². The van der Waals surface area contributed by atoms with Crippen molar-refractivity contribution in [2.75, 3.05) is 33.3 Å². The largest absolute Gasteiger partial charge is 0.493 e. The molecule has 0 aromatic heterocycles. The van der Waals surface area contributed by atoms with Crippen molar-refractivity contribution in [3.63, 3.8) is 0 Å². The Morgan fingerprint density at radius 3 is 2.92 bits per heavy atom. The smallest absolute Gasteiger partial charge is 0.410 e. The summed E-state index contributed by atoms with van der Waals surface area (Å²) in [5, 5.41) is 0. The minimum absolute atomic E-state index is 0.00745. The molecule has 0 bridgehead atoms. The molecule has 1 aromatic carbocycles. The maximum Gasteiger partial charge on any atom is 0.410 e. The van der Waals surface area contributed by atoms with Gasteiger partial charge in [0.25, 0.3) is 5.91 Å². The van der Waals surface area contributed by atoms with Gasteiger partial charge in [0.15, 0.2) is 0 Å². The molecule has 0 N–H and O–H groups in total. The molecule has 24 heavy (non-hydrogen) atoms. The van der Waals surface area contributed by atoms with Gasteiger partial charge >= 0.3 is 6.09 Å². The minimum atomic E-state index is -0.545. The van der Waals surface area contributed by atoms with Crippen LogP contribution in [0.15, 0.2) is 18.2 Å². The molecule has 4 rings (SSSR count). The molecule has 1 spiro atoms. The van der Waals surface area contributed by atoms with E-state index in [1.165, 1.54) is 0 Å². The molecule has 0 aliphatic carbocycles. The number of likely N-dealkylation sites (N-methyl/N-ethyl adjacent to an activating group) is 1. The number of benzene rings is 1. The highest BCUT2D eigenvalue weighted by atomic mass is 16.6. The van der Waals surface area contributed by atoms with Crippen LogP contribution < -0.4 is 4.74 Å². The van der Waals surface area contributed by atoms with Crippen molar-refractivity contribution < 1.29 is 19.1 Å². The van der Waals surface area contributed by atoms with Gasteiger partial charge in [-0.05, 0) is 49.4 Å². The Morgan fingerprint density at radius 2 is 2.12 bits per heavy atom. The van der Waals surface area contributed by atoms with Crippen molar-refractivity contribution in [3.8, 4) is 5.75 Å². The molecule has 6 heteroatoms. The fourth-order valence-electron chi connectivity index (χ4n) is 3.95. The van der Waals surface area contributed by atoms with Crippen molar-refractivity contribution in [2.45, 2.75) is 31.3 Å². The first-order chi connectivity index (χ1) is 11.6. The fourth-order valence-corrected chi connectivity index (χ4v) is 3.95. The van der Waals surface area contributed by atoms with Crippen LogP contribution in [0.2, 0.25) is 0 Å². The number of aryl methyl sites for hydroxylation is 1. The average Bonchev–Trinajstić information content (AvgIpc) is 2.87. The lowest BCUT2D eigenvalue weighted by atomic mass is 9.92. The number of carbonyl (C=O) groups excluding carboxylic acids is 2. The Kier molecular flexibility index (Phi) is 3.62. The van der Waals surface area contributed by atoms with E-state index < -0.39 is 5.60 Å². The summed E-state index contributed by atoms with van der Waals surface area (Å²) in [6, 6.07) is 5.68. The predicted molar refractivity (Wildman–Crippen MR) is 87.2 cm³/mol.